The third-order valence-electron chi connectivity index (χ3n) is 3.99. The first-order valence-electron chi connectivity index (χ1n) is 8.92. The number of urea groups is 1. The van der Waals surface area contributed by atoms with Crippen LogP contribution in [0.3, 0.4) is 0 Å². The molecule has 0 fully saturated rings. The minimum absolute atomic E-state index is 0.350. The van der Waals surface area contributed by atoms with E-state index in [-0.39, 0.29) is 0 Å². The molecule has 0 bridgehead atoms. The number of carboxylic acids is 1. The Balaban J connectivity index is 1.88. The van der Waals surface area contributed by atoms with Crippen molar-refractivity contribution in [3.8, 4) is 0 Å². The van der Waals surface area contributed by atoms with E-state index in [4.69, 9.17) is 5.73 Å². The number of aliphatic carboxylic acids is 1. The molecule has 1 unspecified atom stereocenters. The molecule has 0 spiro atoms. The van der Waals surface area contributed by atoms with E-state index in [9.17, 15) is 14.7 Å². The van der Waals surface area contributed by atoms with Gasteiger partial charge in [-0.05, 0) is 49.1 Å². The third kappa shape index (κ3) is 7.33. The summed E-state index contributed by atoms with van der Waals surface area (Å²) in [6, 6.07) is 15.8. The molecule has 0 aromatic heterocycles. The van der Waals surface area contributed by atoms with E-state index in [0.717, 1.165) is 17.5 Å². The number of unbranched alkanes of at least 4 members (excludes halogenated alkanes) is 1. The second-order valence-electron chi connectivity index (χ2n) is 6.14. The molecular formula is C21H25N3O3. The van der Waals surface area contributed by atoms with E-state index in [0.29, 0.717) is 25.1 Å². The van der Waals surface area contributed by atoms with Crippen LogP contribution in [0.5, 0.6) is 0 Å². The predicted octanol–water partition coefficient (Wildman–Crippen LogP) is 3.56. The molecule has 2 amide bonds. The second kappa shape index (κ2) is 10.8. The first kappa shape index (κ1) is 20.2. The van der Waals surface area contributed by atoms with Crippen molar-refractivity contribution in [2.75, 3.05) is 11.9 Å². The van der Waals surface area contributed by atoms with Gasteiger partial charge in [0.2, 0.25) is 0 Å². The van der Waals surface area contributed by atoms with Crippen molar-refractivity contribution in [3.05, 3.63) is 65.7 Å². The number of hydrogen-bond acceptors (Lipinski definition) is 3. The number of nitrogens with one attached hydrogen (secondary N) is 2. The van der Waals surface area contributed by atoms with Crippen LogP contribution in [0.4, 0.5) is 10.5 Å². The van der Waals surface area contributed by atoms with Crippen molar-refractivity contribution in [1.82, 2.24) is 5.32 Å². The highest BCUT2D eigenvalue weighted by Gasteiger charge is 2.19. The fourth-order valence-electron chi connectivity index (χ4n) is 2.51. The largest absolute Gasteiger partial charge is 0.480 e. The molecule has 0 saturated heterocycles. The van der Waals surface area contributed by atoms with Gasteiger partial charge in [0.15, 0.2) is 0 Å². The predicted molar refractivity (Wildman–Crippen MR) is 108 cm³/mol. The molecule has 2 aromatic rings. The summed E-state index contributed by atoms with van der Waals surface area (Å²) < 4.78 is 0. The summed E-state index contributed by atoms with van der Waals surface area (Å²) in [6.45, 7) is 0.504. The Kier molecular flexibility index (Phi) is 8.06. The fraction of sp³-hybridized carbons (Fsp3) is 0.238. The minimum atomic E-state index is -1.05. The molecule has 0 radical (unpaired) electrons. The molecule has 6 heteroatoms. The number of anilines is 1. The zero-order chi connectivity index (χ0) is 19.5. The monoisotopic (exact) mass is 367 g/mol. The summed E-state index contributed by atoms with van der Waals surface area (Å²) in [6.07, 6.45) is 5.72. The van der Waals surface area contributed by atoms with E-state index < -0.39 is 18.0 Å². The molecular weight excluding hydrogens is 342 g/mol. The number of carboxylic acid groups (broad SMARTS) is 1. The van der Waals surface area contributed by atoms with Gasteiger partial charge < -0.3 is 21.5 Å². The number of amides is 2. The standard InChI is InChI=1S/C21H25N3O3/c22-15-5-4-8-19(20(25)26)24-21(27)23-18-13-11-17(12-14-18)10-9-16-6-2-1-3-7-16/h1-3,6-7,9-14,19H,4-5,8,15,22H2,(H,25,26)(H2,23,24,27). The van der Waals surface area contributed by atoms with E-state index in [2.05, 4.69) is 10.6 Å². The van der Waals surface area contributed by atoms with Crippen molar-refractivity contribution in [2.45, 2.75) is 25.3 Å². The van der Waals surface area contributed by atoms with Crippen LogP contribution in [0.25, 0.3) is 12.2 Å². The molecule has 0 aliphatic heterocycles. The highest BCUT2D eigenvalue weighted by molar-refractivity contribution is 5.92. The SMILES string of the molecule is NCCCCC(NC(=O)Nc1ccc(C=Cc2ccccc2)cc1)C(=O)O. The summed E-state index contributed by atoms with van der Waals surface area (Å²) >= 11 is 0. The van der Waals surface area contributed by atoms with Crippen LogP contribution < -0.4 is 16.4 Å². The highest BCUT2D eigenvalue weighted by atomic mass is 16.4. The van der Waals surface area contributed by atoms with Gasteiger partial charge in [-0.1, -0.05) is 54.6 Å². The Labute approximate surface area is 159 Å². The van der Waals surface area contributed by atoms with Crippen LogP contribution in [0.15, 0.2) is 54.6 Å². The number of nitrogens with two attached hydrogens (primary N) is 1. The van der Waals surface area contributed by atoms with Crippen LogP contribution in [0, 0.1) is 0 Å². The van der Waals surface area contributed by atoms with Crippen LogP contribution in [0.2, 0.25) is 0 Å². The number of carbonyl (C=O) groups excluding carboxylic acids is 1. The maximum atomic E-state index is 12.0. The summed E-state index contributed by atoms with van der Waals surface area (Å²) in [5, 5.41) is 14.3. The average molecular weight is 367 g/mol. The van der Waals surface area contributed by atoms with Crippen molar-refractivity contribution < 1.29 is 14.7 Å². The van der Waals surface area contributed by atoms with Crippen molar-refractivity contribution >= 4 is 29.8 Å². The summed E-state index contributed by atoms with van der Waals surface area (Å²) in [5.41, 5.74) is 8.10. The third-order valence-corrected chi connectivity index (χ3v) is 3.99. The molecule has 2 rings (SSSR count). The average Bonchev–Trinajstić information content (AvgIpc) is 2.67. The zero-order valence-corrected chi connectivity index (χ0v) is 15.1. The van der Waals surface area contributed by atoms with Gasteiger partial charge in [-0.3, -0.25) is 0 Å². The number of carbonyl (C=O) groups is 2. The maximum absolute atomic E-state index is 12.0. The van der Waals surface area contributed by atoms with Gasteiger partial charge in [0.25, 0.3) is 0 Å². The van der Waals surface area contributed by atoms with Gasteiger partial charge in [0, 0.05) is 5.69 Å². The first-order chi connectivity index (χ1) is 13.1. The van der Waals surface area contributed by atoms with Crippen LogP contribution >= 0.6 is 0 Å². The number of benzene rings is 2. The van der Waals surface area contributed by atoms with Gasteiger partial charge >= 0.3 is 12.0 Å². The molecule has 142 valence electrons. The first-order valence-corrected chi connectivity index (χ1v) is 8.92. The molecule has 0 saturated carbocycles. The molecule has 1 atom stereocenters. The van der Waals surface area contributed by atoms with Gasteiger partial charge in [-0.2, -0.15) is 0 Å². The van der Waals surface area contributed by atoms with E-state index >= 15 is 0 Å². The van der Waals surface area contributed by atoms with E-state index in [1.165, 1.54) is 0 Å². The Hall–Kier alpha value is -3.12. The second-order valence-corrected chi connectivity index (χ2v) is 6.14. The minimum Gasteiger partial charge on any atom is -0.480 e. The molecule has 5 N–H and O–H groups in total. The molecule has 0 aliphatic rings. The molecule has 0 heterocycles. The molecule has 0 aliphatic carbocycles. The molecule has 6 nitrogen and oxygen atoms in total. The number of hydrogen-bond donors (Lipinski definition) is 4. The lowest BCUT2D eigenvalue weighted by molar-refractivity contribution is -0.139. The van der Waals surface area contributed by atoms with Gasteiger partial charge in [-0.15, -0.1) is 0 Å². The topological polar surface area (TPSA) is 104 Å². The van der Waals surface area contributed by atoms with Crippen molar-refractivity contribution in [3.63, 3.8) is 0 Å². The van der Waals surface area contributed by atoms with Crippen molar-refractivity contribution in [1.29, 1.82) is 0 Å². The van der Waals surface area contributed by atoms with Gasteiger partial charge in [-0.25, -0.2) is 9.59 Å². The highest BCUT2D eigenvalue weighted by Crippen LogP contribution is 2.13. The van der Waals surface area contributed by atoms with E-state index in [1.807, 2.05) is 54.6 Å². The smallest absolute Gasteiger partial charge is 0.326 e. The Morgan fingerprint density at radius 2 is 1.59 bits per heavy atom. The number of rotatable bonds is 9. The van der Waals surface area contributed by atoms with Gasteiger partial charge in [0.1, 0.15) is 6.04 Å². The van der Waals surface area contributed by atoms with Gasteiger partial charge in [0.05, 0.1) is 0 Å². The molecule has 27 heavy (non-hydrogen) atoms. The summed E-state index contributed by atoms with van der Waals surface area (Å²) in [7, 11) is 0. The zero-order valence-electron chi connectivity index (χ0n) is 15.1. The Morgan fingerprint density at radius 1 is 0.963 bits per heavy atom. The lowest BCUT2D eigenvalue weighted by Gasteiger charge is -2.15. The maximum Gasteiger partial charge on any atom is 0.326 e. The molecule has 2 aromatic carbocycles. The Bertz CT molecular complexity index is 758. The van der Waals surface area contributed by atoms with E-state index in [1.54, 1.807) is 12.1 Å². The van der Waals surface area contributed by atoms with Crippen LogP contribution in [0.1, 0.15) is 30.4 Å². The van der Waals surface area contributed by atoms with Crippen LogP contribution in [-0.2, 0) is 4.79 Å². The fourth-order valence-corrected chi connectivity index (χ4v) is 2.51. The lowest BCUT2D eigenvalue weighted by Crippen LogP contribution is -2.43. The van der Waals surface area contributed by atoms with Crippen molar-refractivity contribution in [2.24, 2.45) is 5.73 Å². The summed E-state index contributed by atoms with van der Waals surface area (Å²) in [4.78, 5) is 23.3. The normalized spacial score (nSPS) is 11.9. The lowest BCUT2D eigenvalue weighted by atomic mass is 10.1. The summed E-state index contributed by atoms with van der Waals surface area (Å²) in [5.74, 6) is -1.05. The van der Waals surface area contributed by atoms with Crippen LogP contribution in [-0.4, -0.2) is 29.7 Å². The quantitative estimate of drug-likeness (QED) is 0.402. The Morgan fingerprint density at radius 3 is 2.19 bits per heavy atom.